The summed E-state index contributed by atoms with van der Waals surface area (Å²) in [6.07, 6.45) is 0. The highest BCUT2D eigenvalue weighted by atomic mass is 19.1. The largest absolute Gasteiger partial charge is 0.351 e. The molecule has 1 aliphatic rings. The molecular weight excluding hydrogens is 269 g/mol. The molecule has 1 aromatic rings. The van der Waals surface area contributed by atoms with Crippen LogP contribution in [0.3, 0.4) is 0 Å². The van der Waals surface area contributed by atoms with Gasteiger partial charge in [0.25, 0.3) is 0 Å². The van der Waals surface area contributed by atoms with Crippen molar-refractivity contribution in [3.8, 4) is 0 Å². The fraction of sp³-hybridized carbons (Fsp3) is 0.562. The number of carbonyl (C=O) groups excluding carboxylic acids is 1. The molecule has 0 saturated carbocycles. The van der Waals surface area contributed by atoms with Gasteiger partial charge in [-0.2, -0.15) is 0 Å². The van der Waals surface area contributed by atoms with Crippen LogP contribution in [-0.2, 0) is 11.3 Å². The number of nitrogens with one attached hydrogen (secondary N) is 2. The van der Waals surface area contributed by atoms with Gasteiger partial charge in [0.1, 0.15) is 5.82 Å². The topological polar surface area (TPSA) is 44.4 Å². The normalized spacial score (nSPS) is 17.5. The third-order valence-electron chi connectivity index (χ3n) is 4.04. The zero-order valence-corrected chi connectivity index (χ0v) is 13.0. The number of piperazine rings is 1. The van der Waals surface area contributed by atoms with E-state index in [1.807, 2.05) is 6.92 Å². The predicted molar refractivity (Wildman–Crippen MR) is 81.6 cm³/mol. The van der Waals surface area contributed by atoms with Gasteiger partial charge in [-0.1, -0.05) is 12.1 Å². The van der Waals surface area contributed by atoms with Gasteiger partial charge in [0, 0.05) is 32.7 Å². The molecule has 0 aromatic heterocycles. The van der Waals surface area contributed by atoms with Gasteiger partial charge in [-0.3, -0.25) is 9.69 Å². The third-order valence-corrected chi connectivity index (χ3v) is 4.04. The van der Waals surface area contributed by atoms with Crippen molar-refractivity contribution in [1.82, 2.24) is 15.5 Å². The van der Waals surface area contributed by atoms with Crippen LogP contribution in [0.2, 0.25) is 0 Å². The molecule has 1 fully saturated rings. The Kier molecular flexibility index (Phi) is 5.31. The summed E-state index contributed by atoms with van der Waals surface area (Å²) >= 11 is 0. The molecule has 2 rings (SSSR count). The quantitative estimate of drug-likeness (QED) is 0.881. The smallest absolute Gasteiger partial charge is 0.237 e. The minimum Gasteiger partial charge on any atom is -0.351 e. The summed E-state index contributed by atoms with van der Waals surface area (Å²) in [5, 5.41) is 6.22. The van der Waals surface area contributed by atoms with Crippen molar-refractivity contribution in [2.24, 2.45) is 0 Å². The van der Waals surface area contributed by atoms with Gasteiger partial charge in [0.2, 0.25) is 5.91 Å². The summed E-state index contributed by atoms with van der Waals surface area (Å²) in [4.78, 5) is 14.4. The van der Waals surface area contributed by atoms with Crippen LogP contribution in [0, 0.1) is 19.7 Å². The second-order valence-electron chi connectivity index (χ2n) is 5.72. The molecule has 0 aliphatic carbocycles. The number of hydrogen-bond donors (Lipinski definition) is 2. The summed E-state index contributed by atoms with van der Waals surface area (Å²) in [6.45, 7) is 9.50. The van der Waals surface area contributed by atoms with Gasteiger partial charge >= 0.3 is 0 Å². The van der Waals surface area contributed by atoms with E-state index in [1.54, 1.807) is 26.0 Å². The van der Waals surface area contributed by atoms with Crippen molar-refractivity contribution in [2.45, 2.75) is 33.4 Å². The molecule has 1 aliphatic heterocycles. The fourth-order valence-corrected chi connectivity index (χ4v) is 2.71. The maximum absolute atomic E-state index is 13.6. The molecule has 0 spiro atoms. The van der Waals surface area contributed by atoms with E-state index in [0.29, 0.717) is 17.7 Å². The molecule has 5 heteroatoms. The second kappa shape index (κ2) is 7.00. The molecule has 0 radical (unpaired) electrons. The van der Waals surface area contributed by atoms with Crippen molar-refractivity contribution in [1.29, 1.82) is 0 Å². The van der Waals surface area contributed by atoms with Crippen LogP contribution in [0.4, 0.5) is 4.39 Å². The van der Waals surface area contributed by atoms with E-state index < -0.39 is 0 Å². The van der Waals surface area contributed by atoms with E-state index in [4.69, 9.17) is 0 Å². The molecule has 2 N–H and O–H groups in total. The summed E-state index contributed by atoms with van der Waals surface area (Å²) in [6, 6.07) is 3.45. The number of halogens is 1. The molecule has 1 amide bonds. The van der Waals surface area contributed by atoms with Crippen LogP contribution in [0.15, 0.2) is 12.1 Å². The molecule has 116 valence electrons. The maximum Gasteiger partial charge on any atom is 0.237 e. The average molecular weight is 293 g/mol. The first kappa shape index (κ1) is 15.9. The number of benzene rings is 1. The molecular formula is C16H24FN3O. The Morgan fingerprint density at radius 1 is 1.33 bits per heavy atom. The molecule has 4 nitrogen and oxygen atoms in total. The van der Waals surface area contributed by atoms with Gasteiger partial charge in [0.05, 0.1) is 6.04 Å². The summed E-state index contributed by atoms with van der Waals surface area (Å²) < 4.78 is 13.6. The van der Waals surface area contributed by atoms with Gasteiger partial charge < -0.3 is 10.6 Å². The number of nitrogens with zero attached hydrogens (tertiary/aromatic N) is 1. The highest BCUT2D eigenvalue weighted by Gasteiger charge is 2.22. The Hall–Kier alpha value is -1.46. The molecule has 1 aromatic carbocycles. The van der Waals surface area contributed by atoms with E-state index in [-0.39, 0.29) is 17.8 Å². The van der Waals surface area contributed by atoms with Crippen molar-refractivity contribution in [2.75, 3.05) is 26.2 Å². The van der Waals surface area contributed by atoms with E-state index in [9.17, 15) is 9.18 Å². The molecule has 1 unspecified atom stereocenters. The minimum absolute atomic E-state index is 0.0246. The summed E-state index contributed by atoms with van der Waals surface area (Å²) in [5.74, 6) is -0.143. The van der Waals surface area contributed by atoms with E-state index >= 15 is 0 Å². The highest BCUT2D eigenvalue weighted by molar-refractivity contribution is 5.81. The molecule has 1 atom stereocenters. The standard InChI is InChI=1S/C16H24FN3O/c1-11-8-14(9-12(2)15(11)17)10-19-16(21)13(3)20-6-4-18-5-7-20/h8-9,13,18H,4-7,10H2,1-3H3,(H,19,21). The average Bonchev–Trinajstić information content (AvgIpc) is 2.50. The zero-order chi connectivity index (χ0) is 15.4. The Balaban J connectivity index is 1.91. The second-order valence-corrected chi connectivity index (χ2v) is 5.72. The Bertz CT molecular complexity index is 489. The first-order chi connectivity index (χ1) is 9.99. The number of carbonyl (C=O) groups is 1. The SMILES string of the molecule is Cc1cc(CNC(=O)C(C)N2CCNCC2)cc(C)c1F. The monoisotopic (exact) mass is 293 g/mol. The van der Waals surface area contributed by atoms with Crippen molar-refractivity contribution in [3.05, 3.63) is 34.6 Å². The summed E-state index contributed by atoms with van der Waals surface area (Å²) in [7, 11) is 0. The van der Waals surface area contributed by atoms with Crippen LogP contribution in [0.1, 0.15) is 23.6 Å². The first-order valence-corrected chi connectivity index (χ1v) is 7.47. The number of aryl methyl sites for hydroxylation is 2. The zero-order valence-electron chi connectivity index (χ0n) is 13.0. The molecule has 0 bridgehead atoms. The molecule has 1 saturated heterocycles. The van der Waals surface area contributed by atoms with Crippen LogP contribution in [-0.4, -0.2) is 43.0 Å². The van der Waals surface area contributed by atoms with E-state index in [1.165, 1.54) is 0 Å². The van der Waals surface area contributed by atoms with Gasteiger partial charge in [-0.15, -0.1) is 0 Å². The predicted octanol–water partition coefficient (Wildman–Crippen LogP) is 1.35. The van der Waals surface area contributed by atoms with Gasteiger partial charge in [-0.25, -0.2) is 4.39 Å². The van der Waals surface area contributed by atoms with Crippen molar-refractivity contribution in [3.63, 3.8) is 0 Å². The lowest BCUT2D eigenvalue weighted by molar-refractivity contribution is -0.126. The lowest BCUT2D eigenvalue weighted by atomic mass is 10.1. The first-order valence-electron chi connectivity index (χ1n) is 7.47. The van der Waals surface area contributed by atoms with Crippen molar-refractivity contribution < 1.29 is 9.18 Å². The fourth-order valence-electron chi connectivity index (χ4n) is 2.71. The third kappa shape index (κ3) is 4.02. The molecule has 1 heterocycles. The Labute approximate surface area is 125 Å². The lowest BCUT2D eigenvalue weighted by Gasteiger charge is -2.31. The van der Waals surface area contributed by atoms with Crippen LogP contribution >= 0.6 is 0 Å². The van der Waals surface area contributed by atoms with Crippen LogP contribution < -0.4 is 10.6 Å². The van der Waals surface area contributed by atoms with Crippen molar-refractivity contribution >= 4 is 5.91 Å². The lowest BCUT2D eigenvalue weighted by Crippen LogP contribution is -2.52. The van der Waals surface area contributed by atoms with E-state index in [0.717, 1.165) is 31.7 Å². The number of hydrogen-bond acceptors (Lipinski definition) is 3. The summed E-state index contributed by atoms with van der Waals surface area (Å²) in [5.41, 5.74) is 2.18. The number of amides is 1. The number of rotatable bonds is 4. The molecule has 21 heavy (non-hydrogen) atoms. The van der Waals surface area contributed by atoms with Crippen LogP contribution in [0.25, 0.3) is 0 Å². The Morgan fingerprint density at radius 2 is 1.90 bits per heavy atom. The maximum atomic E-state index is 13.6. The van der Waals surface area contributed by atoms with Gasteiger partial charge in [-0.05, 0) is 37.5 Å². The van der Waals surface area contributed by atoms with Gasteiger partial charge in [0.15, 0.2) is 0 Å². The highest BCUT2D eigenvalue weighted by Crippen LogP contribution is 2.14. The minimum atomic E-state index is -0.167. The van der Waals surface area contributed by atoms with E-state index in [2.05, 4.69) is 15.5 Å². The Morgan fingerprint density at radius 3 is 2.48 bits per heavy atom. The van der Waals surface area contributed by atoms with Crippen LogP contribution in [0.5, 0.6) is 0 Å².